The monoisotopic (exact) mass is 966 g/mol. The Morgan fingerprint density at radius 2 is 1.03 bits per heavy atom. The number of nitro groups is 1. The van der Waals surface area contributed by atoms with Gasteiger partial charge in [0, 0.05) is 22.2 Å². The molecule has 4 aromatic carbocycles. The van der Waals surface area contributed by atoms with Crippen LogP contribution in [0.3, 0.4) is 0 Å². The van der Waals surface area contributed by atoms with Gasteiger partial charge in [0.2, 0.25) is 6.20 Å². The Hall–Kier alpha value is -5.42. The van der Waals surface area contributed by atoms with Crippen LogP contribution in [0.25, 0.3) is 11.1 Å². The van der Waals surface area contributed by atoms with Crippen LogP contribution in [-0.4, -0.2) is 46.9 Å². The number of rotatable bonds is 19. The number of aromatic hydroxyl groups is 1. The van der Waals surface area contributed by atoms with Crippen LogP contribution >= 0.6 is 22.6 Å². The van der Waals surface area contributed by atoms with Crippen molar-refractivity contribution in [2.45, 2.75) is 106 Å². The first-order valence-corrected chi connectivity index (χ1v) is 22.7. The molecule has 0 spiro atoms. The van der Waals surface area contributed by atoms with Crippen molar-refractivity contribution in [1.82, 2.24) is 0 Å². The summed E-state index contributed by atoms with van der Waals surface area (Å²) < 4.78 is 17.8. The van der Waals surface area contributed by atoms with E-state index in [1.54, 1.807) is 36.4 Å². The van der Waals surface area contributed by atoms with Gasteiger partial charge in [-0.25, -0.2) is 0 Å². The highest BCUT2D eigenvalue weighted by Gasteiger charge is 2.29. The SMILES string of the molecule is CCCCI.CCCCOc1ccc(/C=C/[N+](=O)[O-])cc1.CCCCOc1ccc(C(C#[N+][O-])C(C)(C)C)cc1.CCCCOc1ccc(C=O)cc1.O=Cc1ccc(O)cc1. The molecule has 4 aromatic rings. The van der Waals surface area contributed by atoms with Gasteiger partial charge in [0.05, 0.1) is 24.7 Å². The number of halogens is 1. The molecule has 0 heterocycles. The van der Waals surface area contributed by atoms with E-state index >= 15 is 0 Å². The van der Waals surface area contributed by atoms with E-state index in [0.717, 1.165) is 98.9 Å². The van der Waals surface area contributed by atoms with E-state index in [4.69, 9.17) is 19.3 Å². The molecule has 0 aliphatic rings. The molecule has 0 aliphatic heterocycles. The van der Waals surface area contributed by atoms with E-state index in [1.807, 2.05) is 48.5 Å². The van der Waals surface area contributed by atoms with Crippen LogP contribution < -0.4 is 14.2 Å². The van der Waals surface area contributed by atoms with Crippen molar-refractivity contribution in [1.29, 1.82) is 0 Å². The standard InChI is InChI=1S/C16H23NO2.C12H15NO3.C11H14O2.C7H6O2.C4H9I/c1-5-6-11-19-14-9-7-13(8-10-14)15(12-17-18)16(2,3)4;1-2-3-10-16-12-6-4-11(5-7-12)8-9-13(14)15;1-2-3-8-13-11-6-4-10(9-12)5-7-11;8-5-6-1-3-7(9)4-2-6;1-2-3-4-5/h7-10,15H,5-6,11H2,1-4H3;4-9H,2-3,10H2,1H3;4-7,9H,2-3,8H2,1H3;1-5,9H;2-4H2,1H3/b;9-8+;;;. The minimum absolute atomic E-state index is 0.0848. The van der Waals surface area contributed by atoms with Gasteiger partial charge in [0.25, 0.3) is 0 Å². The van der Waals surface area contributed by atoms with Crippen molar-refractivity contribution in [3.63, 3.8) is 0 Å². The molecule has 1 N–H and O–H groups in total. The zero-order valence-electron chi connectivity index (χ0n) is 37.6. The van der Waals surface area contributed by atoms with Crippen LogP contribution in [-0.2, 0) is 0 Å². The predicted molar refractivity (Wildman–Crippen MR) is 262 cm³/mol. The first-order chi connectivity index (χ1) is 29.8. The van der Waals surface area contributed by atoms with Crippen molar-refractivity contribution in [2.75, 3.05) is 24.2 Å². The van der Waals surface area contributed by atoms with Crippen LogP contribution in [0.2, 0.25) is 0 Å². The van der Waals surface area contributed by atoms with Crippen LogP contribution in [0.5, 0.6) is 23.0 Å². The zero-order chi connectivity index (χ0) is 46.4. The lowest BCUT2D eigenvalue weighted by Crippen LogP contribution is -2.16. The van der Waals surface area contributed by atoms with Gasteiger partial charge < -0.3 is 24.5 Å². The molecule has 0 fully saturated rings. The molecule has 1 atom stereocenters. The summed E-state index contributed by atoms with van der Waals surface area (Å²) in [5.74, 6) is 2.57. The molecular weight excluding hydrogens is 899 g/mol. The molecule has 0 amide bonds. The number of unbranched alkanes of at least 4 members (excludes halogenated alkanes) is 4. The van der Waals surface area contributed by atoms with E-state index in [1.165, 1.54) is 35.5 Å². The van der Waals surface area contributed by atoms with E-state index in [2.05, 4.69) is 82.1 Å². The van der Waals surface area contributed by atoms with E-state index in [-0.39, 0.29) is 17.1 Å². The number of hydrogen-bond donors (Lipinski definition) is 1. The third-order valence-electron chi connectivity index (χ3n) is 8.36. The number of phenols is 1. The molecule has 0 saturated heterocycles. The first-order valence-electron chi connectivity index (χ1n) is 21.1. The normalized spacial score (nSPS) is 10.5. The second kappa shape index (κ2) is 36.3. The Bertz CT molecular complexity index is 1830. The number of aldehydes is 2. The number of ether oxygens (including phenoxy) is 3. The highest BCUT2D eigenvalue weighted by atomic mass is 127. The summed E-state index contributed by atoms with van der Waals surface area (Å²) in [6.45, 7) is 17.0. The summed E-state index contributed by atoms with van der Waals surface area (Å²) in [4.78, 5) is 30.0. The third-order valence-corrected chi connectivity index (χ3v) is 9.13. The minimum atomic E-state index is -0.480. The van der Waals surface area contributed by atoms with Crippen molar-refractivity contribution < 1.29 is 33.8 Å². The molecule has 62 heavy (non-hydrogen) atoms. The number of hydrogen-bond acceptors (Lipinski definition) is 9. The molecule has 4 rings (SSSR count). The number of nitrogens with zero attached hydrogens (tertiary/aromatic N) is 2. The molecule has 1 unspecified atom stereocenters. The molecule has 0 saturated carbocycles. The van der Waals surface area contributed by atoms with Crippen LogP contribution in [0, 0.1) is 26.8 Å². The maximum absolute atomic E-state index is 10.5. The lowest BCUT2D eigenvalue weighted by molar-refractivity contribution is -0.400. The Kier molecular flexibility index (Phi) is 33.1. The Balaban J connectivity index is 0.000000790. The molecule has 338 valence electrons. The zero-order valence-corrected chi connectivity index (χ0v) is 39.8. The third kappa shape index (κ3) is 28.9. The molecule has 11 nitrogen and oxygen atoms in total. The van der Waals surface area contributed by atoms with Gasteiger partial charge in [-0.15, -0.1) is 0 Å². The van der Waals surface area contributed by atoms with Crippen LogP contribution in [0.15, 0.2) is 103 Å². The average Bonchev–Trinajstić information content (AvgIpc) is 3.27. The summed E-state index contributed by atoms with van der Waals surface area (Å²) in [6, 6.07) is 30.9. The van der Waals surface area contributed by atoms with E-state index < -0.39 is 4.92 Å². The van der Waals surface area contributed by atoms with E-state index in [0.29, 0.717) is 17.7 Å². The van der Waals surface area contributed by atoms with Crippen LogP contribution in [0.1, 0.15) is 138 Å². The molecule has 0 aliphatic carbocycles. The summed E-state index contributed by atoms with van der Waals surface area (Å²) in [6.07, 6.45) is 13.2. The second-order valence-corrected chi connectivity index (χ2v) is 15.9. The largest absolute Gasteiger partial charge is 0.508 e. The fraction of sp³-hybridized carbons (Fsp3) is 0.420. The summed E-state index contributed by atoms with van der Waals surface area (Å²) >= 11 is 2.39. The number of phenolic OH excluding ortho intramolecular Hbond substituents is 1. The van der Waals surface area contributed by atoms with Gasteiger partial charge in [-0.05, 0) is 119 Å². The highest BCUT2D eigenvalue weighted by Crippen LogP contribution is 2.35. The maximum Gasteiger partial charge on any atom is 0.307 e. The molecular formula is C50H67IN2O9. The molecule has 0 bridgehead atoms. The quantitative estimate of drug-likeness (QED) is 0.0242. The average molecular weight is 967 g/mol. The van der Waals surface area contributed by atoms with Gasteiger partial charge in [-0.3, -0.25) is 19.7 Å². The summed E-state index contributed by atoms with van der Waals surface area (Å²) in [5, 5.41) is 32.2. The van der Waals surface area contributed by atoms with Gasteiger partial charge in [0.1, 0.15) is 41.5 Å². The number of carbonyl (C=O) groups is 2. The van der Waals surface area contributed by atoms with Crippen molar-refractivity contribution in [3.8, 4) is 29.1 Å². The fourth-order valence-corrected chi connectivity index (χ4v) is 5.49. The van der Waals surface area contributed by atoms with Gasteiger partial charge in [-0.1, -0.05) is 121 Å². The minimum Gasteiger partial charge on any atom is -0.508 e. The summed E-state index contributed by atoms with van der Waals surface area (Å²) in [7, 11) is 0. The van der Waals surface area contributed by atoms with Crippen molar-refractivity contribution in [3.05, 3.63) is 146 Å². The number of alkyl halides is 1. The van der Waals surface area contributed by atoms with Gasteiger partial charge in [-0.2, -0.15) is 0 Å². The topological polar surface area (TPSA) is 153 Å². The van der Waals surface area contributed by atoms with Crippen LogP contribution in [0.4, 0.5) is 0 Å². The first kappa shape index (κ1) is 56.6. The smallest absolute Gasteiger partial charge is 0.307 e. The number of carbonyl (C=O) groups excluding carboxylic acids is 2. The molecule has 12 heteroatoms. The highest BCUT2D eigenvalue weighted by molar-refractivity contribution is 14.1. The molecule has 0 aromatic heterocycles. The lowest BCUT2D eigenvalue weighted by atomic mass is 9.77. The van der Waals surface area contributed by atoms with Gasteiger partial charge >= 0.3 is 6.07 Å². The number of benzene rings is 4. The maximum atomic E-state index is 10.5. The Labute approximate surface area is 383 Å². The Morgan fingerprint density at radius 3 is 1.34 bits per heavy atom. The van der Waals surface area contributed by atoms with Crippen molar-refractivity contribution >= 4 is 41.2 Å². The van der Waals surface area contributed by atoms with Gasteiger partial charge in [0.15, 0.2) is 0 Å². The summed E-state index contributed by atoms with van der Waals surface area (Å²) in [5.41, 5.74) is 3.00. The van der Waals surface area contributed by atoms with E-state index in [9.17, 15) is 24.9 Å². The Morgan fingerprint density at radius 1 is 0.661 bits per heavy atom. The van der Waals surface area contributed by atoms with Crippen molar-refractivity contribution in [2.24, 2.45) is 5.41 Å². The lowest BCUT2D eigenvalue weighted by Gasteiger charge is -2.23. The second-order valence-electron chi connectivity index (χ2n) is 14.8. The fourth-order valence-electron chi connectivity index (χ4n) is 4.73. The molecule has 0 radical (unpaired) electrons. The predicted octanol–water partition coefficient (Wildman–Crippen LogP) is 14.0.